The summed E-state index contributed by atoms with van der Waals surface area (Å²) < 4.78 is 5.27. The number of amides is 1. The van der Waals surface area contributed by atoms with E-state index in [0.717, 1.165) is 19.6 Å². The van der Waals surface area contributed by atoms with Crippen molar-refractivity contribution in [1.82, 2.24) is 4.90 Å². The molecule has 1 aliphatic rings. The Morgan fingerprint density at radius 2 is 2.06 bits per heavy atom. The van der Waals surface area contributed by atoms with Crippen LogP contribution in [0.5, 0.6) is 0 Å². The first-order valence-electron chi connectivity index (χ1n) is 6.72. The van der Waals surface area contributed by atoms with Gasteiger partial charge in [0.2, 0.25) is 5.91 Å². The highest BCUT2D eigenvalue weighted by atomic mass is 16.6. The van der Waals surface area contributed by atoms with Crippen LogP contribution in [0.15, 0.2) is 30.3 Å². The highest BCUT2D eigenvalue weighted by Gasteiger charge is 2.31. The molecule has 2 rings (SSSR count). The van der Waals surface area contributed by atoms with E-state index in [9.17, 15) is 4.79 Å². The average molecular weight is 247 g/mol. The molecule has 1 aromatic rings. The quantitative estimate of drug-likeness (QED) is 0.724. The molecule has 3 nitrogen and oxygen atoms in total. The minimum atomic E-state index is 0.169. The molecule has 2 atom stereocenters. The Hall–Kier alpha value is -1.35. The smallest absolute Gasteiger partial charge is 0.222 e. The zero-order valence-corrected chi connectivity index (χ0v) is 11.1. The Bertz CT molecular complexity index is 387. The van der Waals surface area contributed by atoms with Crippen LogP contribution in [0.3, 0.4) is 0 Å². The fraction of sp³-hybridized carbons (Fsp3) is 0.533. The van der Waals surface area contributed by atoms with Gasteiger partial charge in [-0.2, -0.15) is 0 Å². The summed E-state index contributed by atoms with van der Waals surface area (Å²) in [5.74, 6) is 0.209. The van der Waals surface area contributed by atoms with Gasteiger partial charge in [0, 0.05) is 13.0 Å². The van der Waals surface area contributed by atoms with E-state index in [-0.39, 0.29) is 18.1 Å². The molecule has 1 fully saturated rings. The highest BCUT2D eigenvalue weighted by Crippen LogP contribution is 2.27. The molecule has 0 aromatic heterocycles. The molecule has 0 N–H and O–H groups in total. The maximum atomic E-state index is 12.1. The van der Waals surface area contributed by atoms with Gasteiger partial charge in [0.25, 0.3) is 0 Å². The minimum absolute atomic E-state index is 0.169. The molecular formula is C15H21NO2. The summed E-state index contributed by atoms with van der Waals surface area (Å²) in [4.78, 5) is 14.1. The third kappa shape index (κ3) is 3.10. The van der Waals surface area contributed by atoms with E-state index in [4.69, 9.17) is 4.74 Å². The first-order valence-corrected chi connectivity index (χ1v) is 6.72. The average Bonchev–Trinajstić information content (AvgIpc) is 3.23. The predicted octanol–water partition coefficient (Wildman–Crippen LogP) is 2.78. The Morgan fingerprint density at radius 3 is 2.56 bits per heavy atom. The number of carbonyl (C=O) groups is 1. The van der Waals surface area contributed by atoms with E-state index in [1.807, 2.05) is 30.0 Å². The number of rotatable bonds is 6. The lowest BCUT2D eigenvalue weighted by Gasteiger charge is -2.31. The molecule has 0 spiro atoms. The summed E-state index contributed by atoms with van der Waals surface area (Å²) in [6.07, 6.45) is 1.73. The van der Waals surface area contributed by atoms with Crippen LogP contribution in [-0.4, -0.2) is 30.1 Å². The van der Waals surface area contributed by atoms with Crippen LogP contribution in [-0.2, 0) is 9.53 Å². The summed E-state index contributed by atoms with van der Waals surface area (Å²) in [6, 6.07) is 10.4. The molecule has 0 bridgehead atoms. The Labute approximate surface area is 109 Å². The van der Waals surface area contributed by atoms with Crippen molar-refractivity contribution in [2.75, 3.05) is 13.2 Å². The van der Waals surface area contributed by atoms with Gasteiger partial charge >= 0.3 is 0 Å². The lowest BCUT2D eigenvalue weighted by molar-refractivity contribution is -0.133. The van der Waals surface area contributed by atoms with Crippen molar-refractivity contribution in [3.63, 3.8) is 0 Å². The molecule has 1 saturated heterocycles. The van der Waals surface area contributed by atoms with Crippen LogP contribution in [0.25, 0.3) is 0 Å². The largest absolute Gasteiger partial charge is 0.371 e. The van der Waals surface area contributed by atoms with Crippen LogP contribution >= 0.6 is 0 Å². The van der Waals surface area contributed by atoms with Gasteiger partial charge in [-0.3, -0.25) is 4.79 Å². The van der Waals surface area contributed by atoms with Gasteiger partial charge in [-0.1, -0.05) is 44.2 Å². The van der Waals surface area contributed by atoms with Crippen LogP contribution in [0.2, 0.25) is 0 Å². The standard InChI is InChI=1S/C15H21NO2/c1-3-14(12-8-6-5-7-9-12)16(15(17)4-2)10-13-11-18-13/h5-9,13-14H,3-4,10-11H2,1-2H3. The Kier molecular flexibility index (Phi) is 4.37. The number of ether oxygens (including phenoxy) is 1. The van der Waals surface area contributed by atoms with Crippen molar-refractivity contribution >= 4 is 5.91 Å². The summed E-state index contributed by atoms with van der Waals surface area (Å²) in [5, 5.41) is 0. The van der Waals surface area contributed by atoms with Crippen LogP contribution in [0.1, 0.15) is 38.3 Å². The Balaban J connectivity index is 2.17. The van der Waals surface area contributed by atoms with Gasteiger partial charge in [-0.05, 0) is 12.0 Å². The van der Waals surface area contributed by atoms with E-state index in [1.54, 1.807) is 0 Å². The van der Waals surface area contributed by atoms with Crippen molar-refractivity contribution < 1.29 is 9.53 Å². The van der Waals surface area contributed by atoms with Gasteiger partial charge in [0.15, 0.2) is 0 Å². The van der Waals surface area contributed by atoms with E-state index in [2.05, 4.69) is 19.1 Å². The number of epoxide rings is 1. The first kappa shape index (κ1) is 13.1. The molecule has 1 aliphatic heterocycles. The van der Waals surface area contributed by atoms with Gasteiger partial charge < -0.3 is 9.64 Å². The van der Waals surface area contributed by atoms with Crippen molar-refractivity contribution in [1.29, 1.82) is 0 Å². The molecule has 0 aliphatic carbocycles. The maximum absolute atomic E-state index is 12.1. The third-order valence-corrected chi connectivity index (χ3v) is 3.37. The highest BCUT2D eigenvalue weighted by molar-refractivity contribution is 5.76. The zero-order valence-electron chi connectivity index (χ0n) is 11.1. The third-order valence-electron chi connectivity index (χ3n) is 3.37. The summed E-state index contributed by atoms with van der Waals surface area (Å²) in [7, 11) is 0. The molecule has 18 heavy (non-hydrogen) atoms. The molecule has 2 unspecified atom stereocenters. The molecule has 3 heteroatoms. The fourth-order valence-electron chi connectivity index (χ4n) is 2.31. The number of hydrogen-bond acceptors (Lipinski definition) is 2. The normalized spacial score (nSPS) is 19.3. The molecule has 0 saturated carbocycles. The number of nitrogens with zero attached hydrogens (tertiary/aromatic N) is 1. The SMILES string of the molecule is CCC(=O)N(CC1CO1)C(CC)c1ccccc1. The summed E-state index contributed by atoms with van der Waals surface area (Å²) in [5.41, 5.74) is 1.21. The second-order valence-corrected chi connectivity index (χ2v) is 4.69. The van der Waals surface area contributed by atoms with Crippen molar-refractivity contribution in [3.05, 3.63) is 35.9 Å². The van der Waals surface area contributed by atoms with Gasteiger partial charge in [0.05, 0.1) is 18.8 Å². The summed E-state index contributed by atoms with van der Waals surface area (Å²) in [6.45, 7) is 5.56. The second-order valence-electron chi connectivity index (χ2n) is 4.69. The van der Waals surface area contributed by atoms with E-state index >= 15 is 0 Å². The number of carbonyl (C=O) groups excluding carboxylic acids is 1. The van der Waals surface area contributed by atoms with Crippen LogP contribution in [0, 0.1) is 0 Å². The molecule has 1 aromatic carbocycles. The molecule has 1 heterocycles. The van der Waals surface area contributed by atoms with Crippen molar-refractivity contribution in [2.45, 2.75) is 38.8 Å². The van der Waals surface area contributed by atoms with Crippen molar-refractivity contribution in [3.8, 4) is 0 Å². The van der Waals surface area contributed by atoms with E-state index in [1.165, 1.54) is 5.56 Å². The monoisotopic (exact) mass is 247 g/mol. The lowest BCUT2D eigenvalue weighted by Crippen LogP contribution is -2.37. The predicted molar refractivity (Wildman–Crippen MR) is 71.2 cm³/mol. The minimum Gasteiger partial charge on any atom is -0.371 e. The molecule has 0 radical (unpaired) electrons. The first-order chi connectivity index (χ1) is 8.76. The van der Waals surface area contributed by atoms with Crippen LogP contribution in [0.4, 0.5) is 0 Å². The van der Waals surface area contributed by atoms with E-state index in [0.29, 0.717) is 6.42 Å². The number of hydrogen-bond donors (Lipinski definition) is 0. The van der Waals surface area contributed by atoms with Gasteiger partial charge in [0.1, 0.15) is 0 Å². The second kappa shape index (κ2) is 6.01. The molecule has 1 amide bonds. The van der Waals surface area contributed by atoms with Gasteiger partial charge in [-0.25, -0.2) is 0 Å². The lowest BCUT2D eigenvalue weighted by atomic mass is 10.0. The fourth-order valence-corrected chi connectivity index (χ4v) is 2.31. The summed E-state index contributed by atoms with van der Waals surface area (Å²) >= 11 is 0. The van der Waals surface area contributed by atoms with Crippen LogP contribution < -0.4 is 0 Å². The van der Waals surface area contributed by atoms with Gasteiger partial charge in [-0.15, -0.1) is 0 Å². The Morgan fingerprint density at radius 1 is 1.39 bits per heavy atom. The molecular weight excluding hydrogens is 226 g/mol. The van der Waals surface area contributed by atoms with E-state index < -0.39 is 0 Å². The zero-order chi connectivity index (χ0) is 13.0. The molecule has 98 valence electrons. The number of benzene rings is 1. The topological polar surface area (TPSA) is 32.8 Å². The van der Waals surface area contributed by atoms with Crippen molar-refractivity contribution in [2.24, 2.45) is 0 Å². The maximum Gasteiger partial charge on any atom is 0.222 e.